The first-order chi connectivity index (χ1) is 26.3. The van der Waals surface area contributed by atoms with Gasteiger partial charge in [-0.3, -0.25) is 0 Å². The first kappa shape index (κ1) is 30.4. The van der Waals surface area contributed by atoms with Gasteiger partial charge >= 0.3 is 0 Å². The van der Waals surface area contributed by atoms with Crippen LogP contribution in [-0.4, -0.2) is 0 Å². The monoisotopic (exact) mass is 709 g/mol. The maximum Gasteiger partial charge on any atom is 0.0547 e. The molecule has 0 saturated heterocycles. The van der Waals surface area contributed by atoms with E-state index in [1.165, 1.54) is 95.5 Å². The fourth-order valence-electron chi connectivity index (χ4n) is 8.23. The van der Waals surface area contributed by atoms with Crippen molar-refractivity contribution < 1.29 is 0 Å². The fourth-order valence-corrected chi connectivity index (χ4v) is 10.7. The van der Waals surface area contributed by atoms with Crippen LogP contribution in [0.3, 0.4) is 0 Å². The van der Waals surface area contributed by atoms with E-state index in [9.17, 15) is 0 Å². The molecule has 1 nitrogen and oxygen atoms in total. The largest absolute Gasteiger partial charge is 0.309 e. The van der Waals surface area contributed by atoms with Gasteiger partial charge in [0.1, 0.15) is 0 Å². The van der Waals surface area contributed by atoms with Crippen LogP contribution in [0.1, 0.15) is 0 Å². The fraction of sp³-hybridized carbons (Fsp3) is 0. The molecule has 11 rings (SSSR count). The zero-order valence-corrected chi connectivity index (χ0v) is 30.3. The van der Waals surface area contributed by atoms with E-state index in [0.29, 0.717) is 0 Å². The van der Waals surface area contributed by atoms with Crippen molar-refractivity contribution in [2.75, 3.05) is 4.90 Å². The summed E-state index contributed by atoms with van der Waals surface area (Å²) in [5.74, 6) is 0. The minimum absolute atomic E-state index is 1.14. The number of hydrogen-bond acceptors (Lipinski definition) is 3. The minimum Gasteiger partial charge on any atom is -0.309 e. The van der Waals surface area contributed by atoms with Crippen LogP contribution in [0.4, 0.5) is 17.1 Å². The van der Waals surface area contributed by atoms with Crippen LogP contribution in [0.25, 0.3) is 84.1 Å². The average Bonchev–Trinajstić information content (AvgIpc) is 3.80. The molecule has 11 aromatic rings. The Morgan fingerprint density at radius 3 is 1.83 bits per heavy atom. The number of benzene rings is 9. The number of rotatable bonds is 5. The molecule has 0 fully saturated rings. The summed E-state index contributed by atoms with van der Waals surface area (Å²) in [5, 5.41) is 10.2. The summed E-state index contributed by atoms with van der Waals surface area (Å²) < 4.78 is 5.29. The van der Waals surface area contributed by atoms with Gasteiger partial charge in [0.05, 0.1) is 11.4 Å². The Bertz CT molecular complexity index is 3170. The molecular formula is C50H31NS2. The van der Waals surface area contributed by atoms with Crippen molar-refractivity contribution in [1.82, 2.24) is 0 Å². The molecule has 2 aromatic heterocycles. The molecule has 0 amide bonds. The van der Waals surface area contributed by atoms with Crippen LogP contribution < -0.4 is 4.90 Å². The molecule has 248 valence electrons. The van der Waals surface area contributed by atoms with Crippen LogP contribution >= 0.6 is 22.7 Å². The van der Waals surface area contributed by atoms with E-state index in [-0.39, 0.29) is 0 Å². The second kappa shape index (κ2) is 12.2. The number of para-hydroxylation sites is 1. The summed E-state index contributed by atoms with van der Waals surface area (Å²) in [6.07, 6.45) is 0. The van der Waals surface area contributed by atoms with E-state index in [1.807, 2.05) is 22.7 Å². The van der Waals surface area contributed by atoms with Crippen LogP contribution in [0, 0.1) is 0 Å². The Hall–Kier alpha value is -6.26. The molecule has 2 heterocycles. The third-order valence-electron chi connectivity index (χ3n) is 10.6. The maximum absolute atomic E-state index is 2.46. The highest BCUT2D eigenvalue weighted by molar-refractivity contribution is 7.27. The highest BCUT2D eigenvalue weighted by Crippen LogP contribution is 2.49. The standard InChI is InChI=1S/C50H31NS2/c1-3-14-33(15-4-1)37-27-28-38(50-48(37)41-23-11-12-25-46(41)53-50)34-26-29-47-42(30-34)43-31-45(39-21-9-10-22-40(39)49(43)52-47)51(35-18-5-2-6-19-35)44-24-13-17-32-16-7-8-20-36(32)44/h1-31H. The third-order valence-corrected chi connectivity index (χ3v) is 13.1. The zero-order valence-electron chi connectivity index (χ0n) is 28.7. The summed E-state index contributed by atoms with van der Waals surface area (Å²) in [7, 11) is 0. The number of anilines is 3. The van der Waals surface area contributed by atoms with Crippen molar-refractivity contribution in [3.63, 3.8) is 0 Å². The molecular weight excluding hydrogens is 679 g/mol. The molecule has 0 N–H and O–H groups in total. The van der Waals surface area contributed by atoms with Crippen molar-refractivity contribution in [1.29, 1.82) is 0 Å². The van der Waals surface area contributed by atoms with Crippen LogP contribution in [-0.2, 0) is 0 Å². The molecule has 9 aromatic carbocycles. The summed E-state index contributed by atoms with van der Waals surface area (Å²) in [4.78, 5) is 2.46. The van der Waals surface area contributed by atoms with Crippen LogP contribution in [0.2, 0.25) is 0 Å². The SMILES string of the molecule is c1ccc(-c2ccc(-c3ccc4sc5c6ccccc6c(N(c6ccccc6)c6cccc7ccccc67)cc5c4c3)c3sc4ccccc4c23)cc1. The van der Waals surface area contributed by atoms with Crippen molar-refractivity contribution in [3.05, 3.63) is 188 Å². The smallest absolute Gasteiger partial charge is 0.0547 e. The lowest BCUT2D eigenvalue weighted by Gasteiger charge is -2.28. The topological polar surface area (TPSA) is 3.24 Å². The molecule has 0 saturated carbocycles. The minimum atomic E-state index is 1.14. The third kappa shape index (κ3) is 4.82. The predicted octanol–water partition coefficient (Wildman–Crippen LogP) is 15.5. The summed E-state index contributed by atoms with van der Waals surface area (Å²) in [6.45, 7) is 0. The number of hydrogen-bond donors (Lipinski definition) is 0. The highest BCUT2D eigenvalue weighted by Gasteiger charge is 2.22. The Kier molecular flexibility index (Phi) is 6.97. The Balaban J connectivity index is 1.18. The van der Waals surface area contributed by atoms with Gasteiger partial charge in [0.25, 0.3) is 0 Å². The van der Waals surface area contributed by atoms with Crippen molar-refractivity contribution in [2.45, 2.75) is 0 Å². The van der Waals surface area contributed by atoms with E-state index in [2.05, 4.69) is 193 Å². The molecule has 0 atom stereocenters. The average molecular weight is 710 g/mol. The molecule has 3 heteroatoms. The van der Waals surface area contributed by atoms with Gasteiger partial charge in [0, 0.05) is 62.2 Å². The summed E-state index contributed by atoms with van der Waals surface area (Å²) >= 11 is 3.80. The van der Waals surface area contributed by atoms with Crippen molar-refractivity contribution in [3.8, 4) is 22.3 Å². The molecule has 0 aliphatic carbocycles. The second-order valence-electron chi connectivity index (χ2n) is 13.6. The second-order valence-corrected chi connectivity index (χ2v) is 15.7. The van der Waals surface area contributed by atoms with Gasteiger partial charge in [-0.05, 0) is 70.1 Å². The molecule has 0 aliphatic rings. The van der Waals surface area contributed by atoms with E-state index in [1.54, 1.807) is 0 Å². The molecule has 0 bridgehead atoms. The normalized spacial score (nSPS) is 11.8. The Labute approximate surface area is 315 Å². The van der Waals surface area contributed by atoms with Gasteiger partial charge in [-0.1, -0.05) is 146 Å². The first-order valence-corrected chi connectivity index (χ1v) is 19.6. The van der Waals surface area contributed by atoms with Crippen LogP contribution in [0.15, 0.2) is 188 Å². The Morgan fingerprint density at radius 2 is 0.981 bits per heavy atom. The molecule has 0 unspecified atom stereocenters. The lowest BCUT2D eigenvalue weighted by atomic mass is 9.94. The number of nitrogens with zero attached hydrogens (tertiary/aromatic N) is 1. The lowest BCUT2D eigenvalue weighted by Crippen LogP contribution is -2.11. The summed E-state index contributed by atoms with van der Waals surface area (Å²) in [5.41, 5.74) is 8.56. The van der Waals surface area contributed by atoms with E-state index in [0.717, 1.165) is 5.69 Å². The molecule has 0 radical (unpaired) electrons. The van der Waals surface area contributed by atoms with Crippen molar-refractivity contribution >= 4 is 102 Å². The van der Waals surface area contributed by atoms with Gasteiger partial charge in [-0.25, -0.2) is 0 Å². The van der Waals surface area contributed by atoms with Crippen LogP contribution in [0.5, 0.6) is 0 Å². The number of fused-ring (bicyclic) bond motifs is 9. The zero-order chi connectivity index (χ0) is 34.9. The molecule has 0 spiro atoms. The van der Waals surface area contributed by atoms with Crippen molar-refractivity contribution in [2.24, 2.45) is 0 Å². The molecule has 0 aliphatic heterocycles. The van der Waals surface area contributed by atoms with Gasteiger partial charge in [-0.2, -0.15) is 0 Å². The number of thiophene rings is 2. The van der Waals surface area contributed by atoms with E-state index < -0.39 is 0 Å². The predicted molar refractivity (Wildman–Crippen MR) is 233 cm³/mol. The van der Waals surface area contributed by atoms with Gasteiger partial charge < -0.3 is 4.90 Å². The van der Waals surface area contributed by atoms with E-state index >= 15 is 0 Å². The molecule has 53 heavy (non-hydrogen) atoms. The van der Waals surface area contributed by atoms with E-state index in [4.69, 9.17) is 0 Å². The quantitative estimate of drug-likeness (QED) is 0.172. The summed E-state index contributed by atoms with van der Waals surface area (Å²) in [6, 6.07) is 69.0. The Morgan fingerprint density at radius 1 is 0.340 bits per heavy atom. The first-order valence-electron chi connectivity index (χ1n) is 18.0. The van der Waals surface area contributed by atoms with Gasteiger partial charge in [0.15, 0.2) is 0 Å². The van der Waals surface area contributed by atoms with Gasteiger partial charge in [0.2, 0.25) is 0 Å². The maximum atomic E-state index is 2.46. The lowest BCUT2D eigenvalue weighted by molar-refractivity contribution is 1.32. The van der Waals surface area contributed by atoms with Gasteiger partial charge in [-0.15, -0.1) is 22.7 Å². The highest BCUT2D eigenvalue weighted by atomic mass is 32.1.